The number of amides is 1. The van der Waals surface area contributed by atoms with Crippen molar-refractivity contribution >= 4 is 15.7 Å². The number of halogens is 2. The van der Waals surface area contributed by atoms with Gasteiger partial charge in [-0.05, 0) is 31.4 Å². The zero-order chi connectivity index (χ0) is 18.0. The molecule has 8 heteroatoms. The summed E-state index contributed by atoms with van der Waals surface area (Å²) in [5.41, 5.74) is 0. The first-order chi connectivity index (χ1) is 11.9. The highest BCUT2D eigenvalue weighted by Crippen LogP contribution is 2.29. The van der Waals surface area contributed by atoms with Crippen molar-refractivity contribution in [1.82, 2.24) is 4.90 Å². The summed E-state index contributed by atoms with van der Waals surface area (Å²) in [6, 6.07) is 2.79. The van der Waals surface area contributed by atoms with Gasteiger partial charge in [-0.15, -0.1) is 0 Å². The standard InChI is InChI=1S/C17H21F2NO4S/c18-15-6-5-14(9-16(15)19)24-10-17(21)20(12-3-1-2-4-12)13-7-8-25(22,23)11-13/h5-6,9,12-13H,1-4,7-8,10-11H2/t13-/m1/s1. The summed E-state index contributed by atoms with van der Waals surface area (Å²) in [5.74, 6) is -2.18. The predicted octanol–water partition coefficient (Wildman–Crippen LogP) is 2.30. The fourth-order valence-electron chi connectivity index (χ4n) is 3.67. The Hall–Kier alpha value is -1.70. The highest BCUT2D eigenvalue weighted by molar-refractivity contribution is 7.91. The van der Waals surface area contributed by atoms with Crippen LogP contribution in [0, 0.1) is 11.6 Å². The van der Waals surface area contributed by atoms with Gasteiger partial charge in [-0.1, -0.05) is 12.8 Å². The first-order valence-corrected chi connectivity index (χ1v) is 10.3. The van der Waals surface area contributed by atoms with Gasteiger partial charge < -0.3 is 9.64 Å². The molecule has 1 saturated heterocycles. The number of hydrogen-bond donors (Lipinski definition) is 0. The van der Waals surface area contributed by atoms with E-state index in [0.29, 0.717) is 6.42 Å². The Balaban J connectivity index is 1.69. The quantitative estimate of drug-likeness (QED) is 0.795. The average Bonchev–Trinajstić information content (AvgIpc) is 3.19. The van der Waals surface area contributed by atoms with Gasteiger partial charge >= 0.3 is 0 Å². The van der Waals surface area contributed by atoms with E-state index in [1.54, 1.807) is 4.90 Å². The number of sulfone groups is 1. The van der Waals surface area contributed by atoms with Gasteiger partial charge in [-0.2, -0.15) is 0 Å². The molecule has 0 bridgehead atoms. The molecular weight excluding hydrogens is 352 g/mol. The number of benzene rings is 1. The Morgan fingerprint density at radius 3 is 2.44 bits per heavy atom. The molecule has 3 rings (SSSR count). The van der Waals surface area contributed by atoms with Crippen molar-refractivity contribution in [2.75, 3.05) is 18.1 Å². The Labute approximate surface area is 145 Å². The van der Waals surface area contributed by atoms with Gasteiger partial charge in [0.15, 0.2) is 28.1 Å². The lowest BCUT2D eigenvalue weighted by Crippen LogP contribution is -2.48. The minimum Gasteiger partial charge on any atom is -0.484 e. The highest BCUT2D eigenvalue weighted by atomic mass is 32.2. The van der Waals surface area contributed by atoms with E-state index in [-0.39, 0.29) is 41.9 Å². The molecule has 1 aliphatic heterocycles. The van der Waals surface area contributed by atoms with Crippen LogP contribution < -0.4 is 4.74 Å². The number of rotatable bonds is 5. The van der Waals surface area contributed by atoms with Crippen molar-refractivity contribution in [3.63, 3.8) is 0 Å². The minimum atomic E-state index is -3.11. The van der Waals surface area contributed by atoms with E-state index in [2.05, 4.69) is 0 Å². The van der Waals surface area contributed by atoms with Crippen LogP contribution in [-0.2, 0) is 14.6 Å². The molecular formula is C17H21F2NO4S. The van der Waals surface area contributed by atoms with Gasteiger partial charge in [0.2, 0.25) is 0 Å². The van der Waals surface area contributed by atoms with Crippen LogP contribution in [0.3, 0.4) is 0 Å². The van der Waals surface area contributed by atoms with Gasteiger partial charge in [-0.3, -0.25) is 4.79 Å². The first kappa shape index (κ1) is 18.1. The average molecular weight is 373 g/mol. The van der Waals surface area contributed by atoms with Crippen molar-refractivity contribution in [2.45, 2.75) is 44.2 Å². The third-order valence-corrected chi connectivity index (χ3v) is 6.61. The molecule has 1 heterocycles. The second-order valence-electron chi connectivity index (χ2n) is 6.66. The highest BCUT2D eigenvalue weighted by Gasteiger charge is 2.39. The first-order valence-electron chi connectivity index (χ1n) is 8.45. The maximum Gasteiger partial charge on any atom is 0.261 e. The summed E-state index contributed by atoms with van der Waals surface area (Å²) in [6.07, 6.45) is 4.17. The van der Waals surface area contributed by atoms with Crippen molar-refractivity contribution in [3.8, 4) is 5.75 Å². The van der Waals surface area contributed by atoms with Gasteiger partial charge in [0.05, 0.1) is 11.5 Å². The lowest BCUT2D eigenvalue weighted by atomic mass is 10.1. The number of carbonyl (C=O) groups excluding carboxylic acids is 1. The van der Waals surface area contributed by atoms with E-state index in [9.17, 15) is 22.0 Å². The zero-order valence-corrected chi connectivity index (χ0v) is 14.6. The fraction of sp³-hybridized carbons (Fsp3) is 0.588. The molecule has 0 unspecified atom stereocenters. The Kier molecular flexibility index (Phi) is 5.27. The Morgan fingerprint density at radius 2 is 1.84 bits per heavy atom. The molecule has 0 radical (unpaired) electrons. The van der Waals surface area contributed by atoms with Gasteiger partial charge in [0.25, 0.3) is 5.91 Å². The maximum atomic E-state index is 13.2. The van der Waals surface area contributed by atoms with Crippen LogP contribution in [0.2, 0.25) is 0 Å². The predicted molar refractivity (Wildman–Crippen MR) is 88.0 cm³/mol. The van der Waals surface area contributed by atoms with Crippen LogP contribution >= 0.6 is 0 Å². The van der Waals surface area contributed by atoms with Crippen molar-refractivity contribution in [2.24, 2.45) is 0 Å². The lowest BCUT2D eigenvalue weighted by Gasteiger charge is -2.34. The third-order valence-electron chi connectivity index (χ3n) is 4.86. The summed E-state index contributed by atoms with van der Waals surface area (Å²) in [6.45, 7) is -0.321. The van der Waals surface area contributed by atoms with E-state index in [0.717, 1.165) is 37.8 Å². The van der Waals surface area contributed by atoms with E-state index >= 15 is 0 Å². The van der Waals surface area contributed by atoms with Crippen molar-refractivity contribution in [3.05, 3.63) is 29.8 Å². The molecule has 5 nitrogen and oxygen atoms in total. The fourth-order valence-corrected chi connectivity index (χ4v) is 5.38. The third kappa shape index (κ3) is 4.29. The van der Waals surface area contributed by atoms with Gasteiger partial charge in [0, 0.05) is 18.2 Å². The molecule has 2 fully saturated rings. The molecule has 1 saturated carbocycles. The van der Waals surface area contributed by atoms with Crippen molar-refractivity contribution in [1.29, 1.82) is 0 Å². The second kappa shape index (κ2) is 7.27. The SMILES string of the molecule is O=C(COc1ccc(F)c(F)c1)N(C1CCCC1)[C@@H]1CCS(=O)(=O)C1. The monoisotopic (exact) mass is 373 g/mol. The molecule has 0 N–H and O–H groups in total. The van der Waals surface area contributed by atoms with E-state index < -0.39 is 21.5 Å². The van der Waals surface area contributed by atoms with E-state index in [4.69, 9.17) is 4.74 Å². The Morgan fingerprint density at radius 1 is 1.12 bits per heavy atom. The zero-order valence-electron chi connectivity index (χ0n) is 13.8. The van der Waals surface area contributed by atoms with E-state index in [1.165, 1.54) is 6.07 Å². The number of hydrogen-bond acceptors (Lipinski definition) is 4. The second-order valence-corrected chi connectivity index (χ2v) is 8.89. The van der Waals surface area contributed by atoms with Gasteiger partial charge in [0.1, 0.15) is 5.75 Å². The molecule has 138 valence electrons. The summed E-state index contributed by atoms with van der Waals surface area (Å²) >= 11 is 0. The van der Waals surface area contributed by atoms with Crippen LogP contribution in [0.5, 0.6) is 5.75 Å². The van der Waals surface area contributed by atoms with Crippen LogP contribution in [0.4, 0.5) is 8.78 Å². The largest absolute Gasteiger partial charge is 0.484 e. The Bertz CT molecular complexity index is 747. The van der Waals surface area contributed by atoms with Crippen molar-refractivity contribution < 1.29 is 26.7 Å². The van der Waals surface area contributed by atoms with Crippen LogP contribution in [-0.4, -0.2) is 49.4 Å². The number of ether oxygens (including phenoxy) is 1. The molecule has 1 aliphatic carbocycles. The molecule has 2 aliphatic rings. The number of nitrogens with zero attached hydrogens (tertiary/aromatic N) is 1. The molecule has 1 aromatic rings. The molecule has 1 aromatic carbocycles. The molecule has 0 aromatic heterocycles. The van der Waals surface area contributed by atoms with Crippen LogP contribution in [0.1, 0.15) is 32.1 Å². The van der Waals surface area contributed by atoms with Gasteiger partial charge in [-0.25, -0.2) is 17.2 Å². The van der Waals surface area contributed by atoms with E-state index in [1.807, 2.05) is 0 Å². The topological polar surface area (TPSA) is 63.7 Å². The molecule has 0 spiro atoms. The minimum absolute atomic E-state index is 0.0135. The smallest absolute Gasteiger partial charge is 0.261 e. The normalized spacial score (nSPS) is 22.9. The molecule has 25 heavy (non-hydrogen) atoms. The molecule has 1 amide bonds. The summed E-state index contributed by atoms with van der Waals surface area (Å²) in [4.78, 5) is 14.4. The summed E-state index contributed by atoms with van der Waals surface area (Å²) in [5, 5.41) is 0. The molecule has 1 atom stereocenters. The summed E-state index contributed by atoms with van der Waals surface area (Å²) < 4.78 is 55.0. The summed E-state index contributed by atoms with van der Waals surface area (Å²) in [7, 11) is -3.11. The maximum absolute atomic E-state index is 13.2. The van der Waals surface area contributed by atoms with Crippen LogP contribution in [0.15, 0.2) is 18.2 Å². The lowest BCUT2D eigenvalue weighted by molar-refractivity contribution is -0.137. The van der Waals surface area contributed by atoms with Crippen LogP contribution in [0.25, 0.3) is 0 Å². The number of carbonyl (C=O) groups is 1.